The highest BCUT2D eigenvalue weighted by molar-refractivity contribution is 6.31. The van der Waals surface area contributed by atoms with Crippen LogP contribution in [0.3, 0.4) is 0 Å². The molecule has 110 valence electrons. The molecule has 1 aliphatic rings. The molecule has 1 atom stereocenters. The predicted molar refractivity (Wildman–Crippen MR) is 81.3 cm³/mol. The Bertz CT molecular complexity index is 477. The van der Waals surface area contributed by atoms with E-state index in [0.29, 0.717) is 17.1 Å². The minimum atomic E-state index is -0.108. The molecule has 1 aliphatic heterocycles. The van der Waals surface area contributed by atoms with Crippen LogP contribution in [0.15, 0.2) is 18.2 Å². The first-order valence-electron chi connectivity index (χ1n) is 7.06. The number of piperidine rings is 1. The molecule has 0 saturated carbocycles. The molecule has 1 aromatic rings. The molecule has 1 aromatic carbocycles. The van der Waals surface area contributed by atoms with Crippen molar-refractivity contribution in [1.82, 2.24) is 4.90 Å². The molecule has 0 bridgehead atoms. The molecule has 1 saturated heterocycles. The number of halogens is 1. The number of rotatable bonds is 3. The van der Waals surface area contributed by atoms with E-state index >= 15 is 0 Å². The Labute approximate surface area is 124 Å². The van der Waals surface area contributed by atoms with E-state index in [1.807, 2.05) is 24.0 Å². The van der Waals surface area contributed by atoms with Crippen LogP contribution < -0.4 is 5.32 Å². The molecule has 2 amide bonds. The molecule has 4 nitrogen and oxygen atoms in total. The van der Waals surface area contributed by atoms with Crippen molar-refractivity contribution in [3.05, 3.63) is 28.8 Å². The van der Waals surface area contributed by atoms with Crippen molar-refractivity contribution < 1.29 is 9.90 Å². The number of carbonyl (C=O) groups excluding carboxylic acids is 1. The molecule has 1 fully saturated rings. The summed E-state index contributed by atoms with van der Waals surface area (Å²) in [5, 5.41) is 12.6. The van der Waals surface area contributed by atoms with Gasteiger partial charge in [0, 0.05) is 29.9 Å². The molecule has 5 heteroatoms. The summed E-state index contributed by atoms with van der Waals surface area (Å²) < 4.78 is 0. The predicted octanol–water partition coefficient (Wildman–Crippen LogP) is 3.42. The van der Waals surface area contributed by atoms with E-state index in [9.17, 15) is 4.79 Å². The van der Waals surface area contributed by atoms with Crippen LogP contribution in [-0.2, 0) is 0 Å². The Kier molecular flexibility index (Phi) is 5.26. The quantitative estimate of drug-likeness (QED) is 0.898. The van der Waals surface area contributed by atoms with E-state index < -0.39 is 0 Å². The summed E-state index contributed by atoms with van der Waals surface area (Å²) in [7, 11) is 0. The lowest BCUT2D eigenvalue weighted by Gasteiger charge is -2.35. The Morgan fingerprint density at radius 2 is 2.30 bits per heavy atom. The lowest BCUT2D eigenvalue weighted by molar-refractivity contribution is 0.141. The lowest BCUT2D eigenvalue weighted by Crippen LogP contribution is -2.46. The summed E-state index contributed by atoms with van der Waals surface area (Å²) in [5.41, 5.74) is 1.69. The Balaban J connectivity index is 2.03. The number of aryl methyl sites for hydroxylation is 1. The number of likely N-dealkylation sites (tertiary alicyclic amines) is 1. The van der Waals surface area contributed by atoms with Gasteiger partial charge in [0.15, 0.2) is 0 Å². The van der Waals surface area contributed by atoms with Gasteiger partial charge in [-0.3, -0.25) is 0 Å². The number of aliphatic hydroxyl groups excluding tert-OH is 1. The fourth-order valence-corrected chi connectivity index (χ4v) is 2.76. The first kappa shape index (κ1) is 15.1. The van der Waals surface area contributed by atoms with Gasteiger partial charge < -0.3 is 15.3 Å². The third kappa shape index (κ3) is 3.64. The molecular formula is C15H21ClN2O2. The fraction of sp³-hybridized carbons (Fsp3) is 0.533. The normalized spacial score (nSPS) is 18.9. The van der Waals surface area contributed by atoms with Gasteiger partial charge in [-0.15, -0.1) is 0 Å². The van der Waals surface area contributed by atoms with E-state index in [-0.39, 0.29) is 18.7 Å². The van der Waals surface area contributed by atoms with Gasteiger partial charge in [-0.2, -0.15) is 0 Å². The number of amides is 2. The molecule has 2 N–H and O–H groups in total. The van der Waals surface area contributed by atoms with Crippen molar-refractivity contribution in [2.45, 2.75) is 38.6 Å². The highest BCUT2D eigenvalue weighted by atomic mass is 35.5. The molecule has 0 aromatic heterocycles. The third-order valence-corrected chi connectivity index (χ3v) is 4.18. The summed E-state index contributed by atoms with van der Waals surface area (Å²) >= 11 is 6.06. The van der Waals surface area contributed by atoms with Crippen LogP contribution in [0.2, 0.25) is 5.02 Å². The van der Waals surface area contributed by atoms with Gasteiger partial charge >= 0.3 is 6.03 Å². The first-order chi connectivity index (χ1) is 9.61. The van der Waals surface area contributed by atoms with E-state index in [2.05, 4.69) is 5.32 Å². The number of hydrogen-bond donors (Lipinski definition) is 2. The molecule has 1 unspecified atom stereocenters. The summed E-state index contributed by atoms with van der Waals surface area (Å²) in [4.78, 5) is 14.2. The number of benzene rings is 1. The monoisotopic (exact) mass is 296 g/mol. The number of carbonyl (C=O) groups is 1. The Hall–Kier alpha value is -1.26. The average Bonchev–Trinajstić information content (AvgIpc) is 2.44. The SMILES string of the molecule is Cc1ccc(NC(=O)N2CCCCC2CCO)cc1Cl. The van der Waals surface area contributed by atoms with Crippen LogP contribution in [0.1, 0.15) is 31.2 Å². The maximum atomic E-state index is 12.3. The van der Waals surface area contributed by atoms with Gasteiger partial charge in [0.2, 0.25) is 0 Å². The minimum Gasteiger partial charge on any atom is -0.396 e. The largest absolute Gasteiger partial charge is 0.396 e. The molecular weight excluding hydrogens is 276 g/mol. The van der Waals surface area contributed by atoms with Crippen molar-refractivity contribution in [3.63, 3.8) is 0 Å². The summed E-state index contributed by atoms with van der Waals surface area (Å²) in [5.74, 6) is 0. The van der Waals surface area contributed by atoms with E-state index in [4.69, 9.17) is 16.7 Å². The zero-order chi connectivity index (χ0) is 14.5. The van der Waals surface area contributed by atoms with Gasteiger partial charge in [-0.25, -0.2) is 4.79 Å². The number of anilines is 1. The lowest BCUT2D eigenvalue weighted by atomic mass is 10.0. The Morgan fingerprint density at radius 3 is 3.00 bits per heavy atom. The van der Waals surface area contributed by atoms with Gasteiger partial charge in [0.1, 0.15) is 0 Å². The van der Waals surface area contributed by atoms with Crippen LogP contribution in [0.4, 0.5) is 10.5 Å². The highest BCUT2D eigenvalue weighted by Gasteiger charge is 2.26. The van der Waals surface area contributed by atoms with Crippen LogP contribution in [0, 0.1) is 6.92 Å². The minimum absolute atomic E-state index is 0.108. The van der Waals surface area contributed by atoms with Gasteiger partial charge in [-0.05, 0) is 50.3 Å². The van der Waals surface area contributed by atoms with Gasteiger partial charge in [0.05, 0.1) is 0 Å². The van der Waals surface area contributed by atoms with Gasteiger partial charge in [0.25, 0.3) is 0 Å². The van der Waals surface area contributed by atoms with Crippen LogP contribution in [0.5, 0.6) is 0 Å². The van der Waals surface area contributed by atoms with Gasteiger partial charge in [-0.1, -0.05) is 17.7 Å². The second kappa shape index (κ2) is 6.95. The molecule has 0 aliphatic carbocycles. The van der Waals surface area contributed by atoms with Crippen molar-refractivity contribution in [3.8, 4) is 0 Å². The van der Waals surface area contributed by atoms with Crippen molar-refractivity contribution in [1.29, 1.82) is 0 Å². The number of aliphatic hydroxyl groups is 1. The molecule has 1 heterocycles. The maximum absolute atomic E-state index is 12.3. The summed E-state index contributed by atoms with van der Waals surface area (Å²) in [6, 6.07) is 5.53. The van der Waals surface area contributed by atoms with E-state index in [1.54, 1.807) is 6.07 Å². The third-order valence-electron chi connectivity index (χ3n) is 3.77. The molecule has 2 rings (SSSR count). The number of hydrogen-bond acceptors (Lipinski definition) is 2. The van der Waals surface area contributed by atoms with Crippen molar-refractivity contribution in [2.24, 2.45) is 0 Å². The second-order valence-corrected chi connectivity index (χ2v) is 5.66. The zero-order valence-corrected chi connectivity index (χ0v) is 12.5. The van der Waals surface area contributed by atoms with Crippen molar-refractivity contribution >= 4 is 23.3 Å². The Morgan fingerprint density at radius 1 is 1.50 bits per heavy atom. The van der Waals surface area contributed by atoms with Crippen LogP contribution in [-0.4, -0.2) is 35.2 Å². The number of urea groups is 1. The van der Waals surface area contributed by atoms with Crippen molar-refractivity contribution in [2.75, 3.05) is 18.5 Å². The average molecular weight is 297 g/mol. The number of nitrogens with zero attached hydrogens (tertiary/aromatic N) is 1. The molecule has 20 heavy (non-hydrogen) atoms. The standard InChI is InChI=1S/C15H21ClN2O2/c1-11-5-6-12(10-14(11)16)17-15(20)18-8-3-2-4-13(18)7-9-19/h5-6,10,13,19H,2-4,7-9H2,1H3,(H,17,20). The molecule has 0 spiro atoms. The first-order valence-corrected chi connectivity index (χ1v) is 7.44. The maximum Gasteiger partial charge on any atom is 0.322 e. The topological polar surface area (TPSA) is 52.6 Å². The van der Waals surface area contributed by atoms with Crippen LogP contribution >= 0.6 is 11.6 Å². The second-order valence-electron chi connectivity index (χ2n) is 5.25. The fourth-order valence-electron chi connectivity index (χ4n) is 2.58. The number of nitrogens with one attached hydrogen (secondary N) is 1. The smallest absolute Gasteiger partial charge is 0.322 e. The highest BCUT2D eigenvalue weighted by Crippen LogP contribution is 2.23. The van der Waals surface area contributed by atoms with Crippen LogP contribution in [0.25, 0.3) is 0 Å². The zero-order valence-electron chi connectivity index (χ0n) is 11.7. The van der Waals surface area contributed by atoms with E-state index in [0.717, 1.165) is 31.4 Å². The molecule has 0 radical (unpaired) electrons. The van der Waals surface area contributed by atoms with E-state index in [1.165, 1.54) is 0 Å². The summed E-state index contributed by atoms with van der Waals surface area (Å²) in [6.07, 6.45) is 3.74. The summed E-state index contributed by atoms with van der Waals surface area (Å²) in [6.45, 7) is 2.79.